The number of carbonyl (C=O) groups is 3. The lowest BCUT2D eigenvalue weighted by Gasteiger charge is -2.38. The zero-order valence-corrected chi connectivity index (χ0v) is 24.5. The number of aryl methyl sites for hydroxylation is 1. The van der Waals surface area contributed by atoms with Crippen LogP contribution in [0.15, 0.2) is 60.7 Å². The van der Waals surface area contributed by atoms with Gasteiger partial charge >= 0.3 is 5.97 Å². The van der Waals surface area contributed by atoms with Crippen LogP contribution in [0.5, 0.6) is 11.5 Å². The Morgan fingerprint density at radius 3 is 2.49 bits per heavy atom. The van der Waals surface area contributed by atoms with Crippen molar-refractivity contribution in [1.29, 1.82) is 0 Å². The van der Waals surface area contributed by atoms with Crippen LogP contribution in [-0.4, -0.2) is 51.2 Å². The number of allylic oxidation sites excluding steroid dienone is 3. The first kappa shape index (κ1) is 30.2. The average Bonchev–Trinajstić information content (AvgIpc) is 2.96. The second-order valence-electron chi connectivity index (χ2n) is 11.3. The van der Waals surface area contributed by atoms with Crippen molar-refractivity contribution in [2.45, 2.75) is 77.3 Å². The summed E-state index contributed by atoms with van der Waals surface area (Å²) in [5.74, 6) is -2.13. The summed E-state index contributed by atoms with van der Waals surface area (Å²) in [6.45, 7) is 5.62. The highest BCUT2D eigenvalue weighted by molar-refractivity contribution is 6.33. The van der Waals surface area contributed by atoms with Gasteiger partial charge in [-0.2, -0.15) is 0 Å². The first-order valence-electron chi connectivity index (χ1n) is 14.7. The molecular formula is C35H36O8. The Labute approximate surface area is 250 Å². The van der Waals surface area contributed by atoms with Crippen molar-refractivity contribution in [3.63, 3.8) is 0 Å². The molecular weight excluding hydrogens is 548 g/mol. The van der Waals surface area contributed by atoms with Crippen molar-refractivity contribution in [2.24, 2.45) is 0 Å². The molecule has 0 aromatic heterocycles. The fraction of sp³-hybridized carbons (Fsp3) is 0.343. The molecule has 0 bridgehead atoms. The molecule has 2 aliphatic rings. The number of hydrogen-bond donors (Lipinski definition) is 3. The SMILES string of the molecule is CCCCC/C=C/C=C/C(=O)O[C@H]1[C@H](O)C[C@H](c2ccc3c(c2O)C(=O)c2ccc4cc(C)cc(O)c4c2C3=O)O[C@@H]1C. The molecule has 1 aliphatic carbocycles. The number of phenolic OH excluding ortho intramolecular Hbond substituents is 2. The Morgan fingerprint density at radius 1 is 1.02 bits per heavy atom. The minimum absolute atomic E-state index is 0.00767. The van der Waals surface area contributed by atoms with Crippen molar-refractivity contribution in [3.05, 3.63) is 94.1 Å². The van der Waals surface area contributed by atoms with E-state index in [1.165, 1.54) is 30.3 Å². The van der Waals surface area contributed by atoms with Gasteiger partial charge in [-0.3, -0.25) is 9.59 Å². The molecule has 0 amide bonds. The van der Waals surface area contributed by atoms with Gasteiger partial charge < -0.3 is 24.8 Å². The summed E-state index contributed by atoms with van der Waals surface area (Å²) in [7, 11) is 0. The van der Waals surface area contributed by atoms with Gasteiger partial charge in [0.15, 0.2) is 17.7 Å². The number of carbonyl (C=O) groups excluding carboxylic acids is 3. The number of fused-ring (bicyclic) bond motifs is 4. The highest BCUT2D eigenvalue weighted by Gasteiger charge is 2.41. The molecule has 5 rings (SSSR count). The first-order chi connectivity index (χ1) is 20.6. The summed E-state index contributed by atoms with van der Waals surface area (Å²) >= 11 is 0. The maximum atomic E-state index is 13.7. The van der Waals surface area contributed by atoms with Gasteiger partial charge in [-0.05, 0) is 55.8 Å². The lowest BCUT2D eigenvalue weighted by molar-refractivity contribution is -0.190. The van der Waals surface area contributed by atoms with E-state index in [0.29, 0.717) is 10.8 Å². The maximum Gasteiger partial charge on any atom is 0.331 e. The van der Waals surface area contributed by atoms with Gasteiger partial charge in [-0.1, -0.05) is 56.2 Å². The summed E-state index contributed by atoms with van der Waals surface area (Å²) in [6, 6.07) is 9.53. The minimum atomic E-state index is -1.10. The molecule has 43 heavy (non-hydrogen) atoms. The van der Waals surface area contributed by atoms with Crippen LogP contribution in [-0.2, 0) is 14.3 Å². The van der Waals surface area contributed by atoms with Gasteiger partial charge in [0.25, 0.3) is 0 Å². The maximum absolute atomic E-state index is 13.7. The molecule has 0 saturated carbocycles. The van der Waals surface area contributed by atoms with Crippen LogP contribution in [0.25, 0.3) is 10.8 Å². The van der Waals surface area contributed by atoms with E-state index in [0.717, 1.165) is 31.2 Å². The molecule has 1 aliphatic heterocycles. The van der Waals surface area contributed by atoms with Crippen molar-refractivity contribution in [3.8, 4) is 11.5 Å². The van der Waals surface area contributed by atoms with E-state index < -0.39 is 47.7 Å². The Bertz CT molecular complexity index is 1640. The van der Waals surface area contributed by atoms with Gasteiger partial charge in [0, 0.05) is 40.1 Å². The third-order valence-electron chi connectivity index (χ3n) is 8.12. The Hall–Kier alpha value is -4.27. The third kappa shape index (κ3) is 5.85. The van der Waals surface area contributed by atoms with E-state index in [1.54, 1.807) is 25.1 Å². The quantitative estimate of drug-likeness (QED) is 0.0973. The Kier molecular flexibility index (Phi) is 8.80. The molecule has 1 heterocycles. The number of esters is 1. The topological polar surface area (TPSA) is 130 Å². The number of aliphatic hydroxyl groups excluding tert-OH is 1. The van der Waals surface area contributed by atoms with Crippen LogP contribution in [0.2, 0.25) is 0 Å². The third-order valence-corrected chi connectivity index (χ3v) is 8.12. The predicted molar refractivity (Wildman–Crippen MR) is 162 cm³/mol. The lowest BCUT2D eigenvalue weighted by Crippen LogP contribution is -2.46. The molecule has 0 unspecified atom stereocenters. The fourth-order valence-corrected chi connectivity index (χ4v) is 6.00. The van der Waals surface area contributed by atoms with E-state index >= 15 is 0 Å². The van der Waals surface area contributed by atoms with Crippen LogP contribution in [0, 0.1) is 6.92 Å². The molecule has 0 radical (unpaired) electrons. The largest absolute Gasteiger partial charge is 0.507 e. The van der Waals surface area contributed by atoms with E-state index in [9.17, 15) is 29.7 Å². The molecule has 224 valence electrons. The van der Waals surface area contributed by atoms with Gasteiger partial charge in [-0.15, -0.1) is 0 Å². The standard InChI is InChI=1S/C35H36O8/c1-4-5-6-7-8-9-10-11-28(38)43-35-20(3)42-27(18-26(35)37)22-14-15-24-31(32(22)39)34(41)23-13-12-21-16-19(2)17-25(36)29(21)30(23)33(24)40/h8-17,20,26-27,35-37,39H,4-7,18H2,1-3H3/b9-8+,11-10+/t20-,26-,27-,35-/m1/s1. The number of benzene rings is 3. The molecule has 3 aromatic carbocycles. The summed E-state index contributed by atoms with van der Waals surface area (Å²) in [5.41, 5.74) is 1.12. The Balaban J connectivity index is 1.34. The molecule has 1 fully saturated rings. The number of ketones is 2. The summed E-state index contributed by atoms with van der Waals surface area (Å²) in [6.07, 6.45) is 7.42. The number of aromatic hydroxyl groups is 2. The highest BCUT2D eigenvalue weighted by Crippen LogP contribution is 2.44. The second kappa shape index (κ2) is 12.5. The Morgan fingerprint density at radius 2 is 1.74 bits per heavy atom. The van der Waals surface area contributed by atoms with E-state index in [2.05, 4.69) is 6.92 Å². The van der Waals surface area contributed by atoms with Gasteiger partial charge in [0.2, 0.25) is 0 Å². The lowest BCUT2D eigenvalue weighted by atomic mass is 9.79. The normalized spacial score (nSPS) is 21.9. The number of phenols is 2. The molecule has 3 aromatic rings. The predicted octanol–water partition coefficient (Wildman–Crippen LogP) is 6.15. The number of unbranched alkanes of at least 4 members (excludes halogenated alkanes) is 3. The van der Waals surface area contributed by atoms with Crippen LogP contribution in [0.3, 0.4) is 0 Å². The van der Waals surface area contributed by atoms with Crippen LogP contribution in [0.1, 0.15) is 95.0 Å². The fourth-order valence-electron chi connectivity index (χ4n) is 6.00. The smallest absolute Gasteiger partial charge is 0.331 e. The molecule has 3 N–H and O–H groups in total. The van der Waals surface area contributed by atoms with Crippen molar-refractivity contribution < 1.29 is 39.2 Å². The van der Waals surface area contributed by atoms with Gasteiger partial charge in [-0.25, -0.2) is 4.79 Å². The monoisotopic (exact) mass is 584 g/mol. The number of rotatable bonds is 8. The van der Waals surface area contributed by atoms with Gasteiger partial charge in [0.1, 0.15) is 11.5 Å². The van der Waals surface area contributed by atoms with Crippen LogP contribution >= 0.6 is 0 Å². The highest BCUT2D eigenvalue weighted by atomic mass is 16.6. The van der Waals surface area contributed by atoms with Crippen molar-refractivity contribution in [1.82, 2.24) is 0 Å². The summed E-state index contributed by atoms with van der Waals surface area (Å²) in [4.78, 5) is 39.7. The van der Waals surface area contributed by atoms with E-state index in [4.69, 9.17) is 9.47 Å². The van der Waals surface area contributed by atoms with Crippen LogP contribution in [0.4, 0.5) is 0 Å². The summed E-state index contributed by atoms with van der Waals surface area (Å²) < 4.78 is 11.5. The zero-order valence-electron chi connectivity index (χ0n) is 24.5. The molecule has 0 spiro atoms. The molecule has 4 atom stereocenters. The molecule has 8 heteroatoms. The van der Waals surface area contributed by atoms with Crippen molar-refractivity contribution in [2.75, 3.05) is 0 Å². The zero-order chi connectivity index (χ0) is 30.8. The number of hydrogen-bond acceptors (Lipinski definition) is 8. The second-order valence-corrected chi connectivity index (χ2v) is 11.3. The van der Waals surface area contributed by atoms with Crippen LogP contribution < -0.4 is 0 Å². The van der Waals surface area contributed by atoms with Crippen molar-refractivity contribution >= 4 is 28.3 Å². The minimum Gasteiger partial charge on any atom is -0.507 e. The number of ether oxygens (including phenoxy) is 2. The van der Waals surface area contributed by atoms with Gasteiger partial charge in [0.05, 0.1) is 23.9 Å². The van der Waals surface area contributed by atoms with E-state index in [1.807, 2.05) is 19.1 Å². The first-order valence-corrected chi connectivity index (χ1v) is 14.7. The summed E-state index contributed by atoms with van der Waals surface area (Å²) in [5, 5.41) is 33.8. The number of aliphatic hydroxyl groups is 1. The molecule has 8 nitrogen and oxygen atoms in total. The molecule has 1 saturated heterocycles. The average molecular weight is 585 g/mol. The van der Waals surface area contributed by atoms with E-state index in [-0.39, 0.29) is 40.0 Å².